The van der Waals surface area contributed by atoms with Gasteiger partial charge in [-0.15, -0.1) is 0 Å². The molecule has 7 heteroatoms. The third kappa shape index (κ3) is 3.74. The van der Waals surface area contributed by atoms with Crippen molar-refractivity contribution in [3.8, 4) is 22.3 Å². The number of benzene rings is 3. The molecule has 3 aromatic rings. The zero-order valence-electron chi connectivity index (χ0n) is 14.5. The topological polar surface area (TPSA) is 0 Å². The van der Waals surface area contributed by atoms with Gasteiger partial charge in [-0.2, -0.15) is 13.2 Å². The van der Waals surface area contributed by atoms with Crippen molar-refractivity contribution in [2.75, 3.05) is 0 Å². The Bertz CT molecular complexity index is 972. The zero-order chi connectivity index (χ0) is 20.6. The van der Waals surface area contributed by atoms with Gasteiger partial charge in [0.2, 0.25) is 0 Å². The van der Waals surface area contributed by atoms with Crippen molar-refractivity contribution < 1.29 is 30.7 Å². The van der Waals surface area contributed by atoms with Crippen LogP contribution in [0.25, 0.3) is 22.3 Å². The lowest BCUT2D eigenvalue weighted by Gasteiger charge is -2.13. The molecule has 0 atom stereocenters. The molecule has 0 spiro atoms. The first-order valence-corrected chi connectivity index (χ1v) is 8.26. The SMILES string of the molecule is CCc1ccc(-c2cc(F)c(-c3cc(F)c(C(F)(F)F)c(F)c3)c(F)c2)cc1. The minimum absolute atomic E-state index is 0.189. The van der Waals surface area contributed by atoms with E-state index >= 15 is 0 Å². The van der Waals surface area contributed by atoms with Crippen molar-refractivity contribution in [3.05, 3.63) is 82.9 Å². The number of alkyl halides is 3. The summed E-state index contributed by atoms with van der Waals surface area (Å²) in [6, 6.07) is 9.39. The molecule has 0 aliphatic heterocycles. The second-order valence-electron chi connectivity index (χ2n) is 6.18. The van der Waals surface area contributed by atoms with Crippen LogP contribution in [0.15, 0.2) is 48.5 Å². The monoisotopic (exact) mass is 398 g/mol. The highest BCUT2D eigenvalue weighted by atomic mass is 19.4. The Hall–Kier alpha value is -2.83. The lowest BCUT2D eigenvalue weighted by atomic mass is 9.97. The van der Waals surface area contributed by atoms with Crippen molar-refractivity contribution >= 4 is 0 Å². The molecular formula is C21H13F7. The predicted molar refractivity (Wildman–Crippen MR) is 91.5 cm³/mol. The number of halogens is 7. The van der Waals surface area contributed by atoms with E-state index in [1.165, 1.54) is 0 Å². The number of aryl methyl sites for hydroxylation is 1. The van der Waals surface area contributed by atoms with E-state index in [1.807, 2.05) is 6.92 Å². The molecule has 146 valence electrons. The first-order chi connectivity index (χ1) is 13.1. The maximum Gasteiger partial charge on any atom is 0.422 e. The Labute approximate surface area is 156 Å². The van der Waals surface area contributed by atoms with Crippen LogP contribution in [0.4, 0.5) is 30.7 Å². The quantitative estimate of drug-likeness (QED) is 0.411. The van der Waals surface area contributed by atoms with Crippen molar-refractivity contribution in [2.45, 2.75) is 19.5 Å². The van der Waals surface area contributed by atoms with Crippen LogP contribution in [-0.2, 0) is 12.6 Å². The normalized spacial score (nSPS) is 11.7. The fraction of sp³-hybridized carbons (Fsp3) is 0.143. The molecule has 0 saturated heterocycles. The van der Waals surface area contributed by atoms with Crippen molar-refractivity contribution in [3.63, 3.8) is 0 Å². The van der Waals surface area contributed by atoms with Gasteiger partial charge in [-0.3, -0.25) is 0 Å². The summed E-state index contributed by atoms with van der Waals surface area (Å²) in [5, 5.41) is 0. The van der Waals surface area contributed by atoms with Crippen LogP contribution in [0, 0.1) is 23.3 Å². The average molecular weight is 398 g/mol. The number of hydrogen-bond acceptors (Lipinski definition) is 0. The lowest BCUT2D eigenvalue weighted by Crippen LogP contribution is -2.11. The van der Waals surface area contributed by atoms with Crippen LogP contribution >= 0.6 is 0 Å². The van der Waals surface area contributed by atoms with E-state index < -0.39 is 46.1 Å². The van der Waals surface area contributed by atoms with E-state index in [9.17, 15) is 30.7 Å². The number of hydrogen-bond donors (Lipinski definition) is 0. The van der Waals surface area contributed by atoms with Gasteiger partial charge < -0.3 is 0 Å². The Morgan fingerprint density at radius 2 is 1.11 bits per heavy atom. The minimum atomic E-state index is -5.27. The van der Waals surface area contributed by atoms with Crippen LogP contribution in [0.3, 0.4) is 0 Å². The summed E-state index contributed by atoms with van der Waals surface area (Å²) >= 11 is 0. The molecule has 0 radical (unpaired) electrons. The standard InChI is InChI=1S/C21H13F7/c1-2-11-3-5-12(6-4-11)13-7-15(22)19(16(23)8-13)14-9-17(24)20(18(25)10-14)21(26,27)28/h3-10H,2H2,1H3. The van der Waals surface area contributed by atoms with Crippen LogP contribution in [0.5, 0.6) is 0 Å². The van der Waals surface area contributed by atoms with Gasteiger partial charge >= 0.3 is 6.18 Å². The van der Waals surface area contributed by atoms with E-state index in [0.717, 1.165) is 24.1 Å². The van der Waals surface area contributed by atoms with Gasteiger partial charge in [-0.1, -0.05) is 31.2 Å². The molecular weight excluding hydrogens is 385 g/mol. The fourth-order valence-corrected chi connectivity index (χ4v) is 2.94. The third-order valence-electron chi connectivity index (χ3n) is 4.35. The largest absolute Gasteiger partial charge is 0.422 e. The Morgan fingerprint density at radius 1 is 0.643 bits per heavy atom. The molecule has 0 fully saturated rings. The van der Waals surface area contributed by atoms with Crippen LogP contribution in [-0.4, -0.2) is 0 Å². The Kier molecular flexibility index (Phi) is 5.19. The maximum absolute atomic E-state index is 14.5. The molecule has 0 nitrogen and oxygen atoms in total. The van der Waals surface area contributed by atoms with Crippen LogP contribution < -0.4 is 0 Å². The summed E-state index contributed by atoms with van der Waals surface area (Å²) < 4.78 is 94.6. The molecule has 0 amide bonds. The molecule has 0 N–H and O–H groups in total. The zero-order valence-corrected chi connectivity index (χ0v) is 14.5. The van der Waals surface area contributed by atoms with E-state index in [1.54, 1.807) is 24.3 Å². The lowest BCUT2D eigenvalue weighted by molar-refractivity contribution is -0.142. The second-order valence-corrected chi connectivity index (χ2v) is 6.18. The van der Waals surface area contributed by atoms with Gasteiger partial charge in [0.25, 0.3) is 0 Å². The van der Waals surface area contributed by atoms with Gasteiger partial charge in [0.15, 0.2) is 0 Å². The third-order valence-corrected chi connectivity index (χ3v) is 4.35. The molecule has 3 rings (SSSR count). The van der Waals surface area contributed by atoms with Crippen LogP contribution in [0.1, 0.15) is 18.1 Å². The molecule has 0 bridgehead atoms. The van der Waals surface area contributed by atoms with Crippen molar-refractivity contribution in [1.29, 1.82) is 0 Å². The highest BCUT2D eigenvalue weighted by molar-refractivity contribution is 5.72. The minimum Gasteiger partial charge on any atom is -0.206 e. The molecule has 0 unspecified atom stereocenters. The van der Waals surface area contributed by atoms with Gasteiger partial charge in [0, 0.05) is 0 Å². The van der Waals surface area contributed by atoms with Gasteiger partial charge in [-0.05, 0) is 52.9 Å². The number of rotatable bonds is 3. The van der Waals surface area contributed by atoms with Crippen molar-refractivity contribution in [2.24, 2.45) is 0 Å². The van der Waals surface area contributed by atoms with E-state index in [-0.39, 0.29) is 17.7 Å². The molecule has 28 heavy (non-hydrogen) atoms. The van der Waals surface area contributed by atoms with E-state index in [2.05, 4.69) is 0 Å². The highest BCUT2D eigenvalue weighted by Crippen LogP contribution is 2.37. The van der Waals surface area contributed by atoms with E-state index in [0.29, 0.717) is 5.56 Å². The second kappa shape index (κ2) is 7.30. The van der Waals surface area contributed by atoms with Gasteiger partial charge in [0.05, 0.1) is 5.56 Å². The fourth-order valence-electron chi connectivity index (χ4n) is 2.94. The summed E-state index contributed by atoms with van der Waals surface area (Å²) in [4.78, 5) is 0. The van der Waals surface area contributed by atoms with Crippen molar-refractivity contribution in [1.82, 2.24) is 0 Å². The summed E-state index contributed by atoms with van der Waals surface area (Å²) in [6.07, 6.45) is -4.48. The van der Waals surface area contributed by atoms with E-state index in [4.69, 9.17) is 0 Å². The first-order valence-electron chi connectivity index (χ1n) is 8.26. The Morgan fingerprint density at radius 3 is 1.54 bits per heavy atom. The summed E-state index contributed by atoms with van der Waals surface area (Å²) in [7, 11) is 0. The predicted octanol–water partition coefficient (Wildman–Crippen LogP) is 7.16. The first kappa shape index (κ1) is 19.9. The van der Waals surface area contributed by atoms with Crippen LogP contribution in [0.2, 0.25) is 0 Å². The molecule has 0 aromatic heterocycles. The van der Waals surface area contributed by atoms with Gasteiger partial charge in [0.1, 0.15) is 28.8 Å². The summed E-state index contributed by atoms with van der Waals surface area (Å²) in [5.74, 6) is -6.18. The summed E-state index contributed by atoms with van der Waals surface area (Å²) in [5.41, 5.74) is -1.84. The maximum atomic E-state index is 14.5. The smallest absolute Gasteiger partial charge is 0.206 e. The summed E-state index contributed by atoms with van der Waals surface area (Å²) in [6.45, 7) is 1.95. The molecule has 3 aromatic carbocycles. The molecule has 0 aliphatic rings. The molecule has 0 saturated carbocycles. The van der Waals surface area contributed by atoms with Gasteiger partial charge in [-0.25, -0.2) is 17.6 Å². The Balaban J connectivity index is 2.09. The highest BCUT2D eigenvalue weighted by Gasteiger charge is 2.38. The molecule has 0 heterocycles. The molecule has 0 aliphatic carbocycles. The average Bonchev–Trinajstić information content (AvgIpc) is 2.59.